The average molecular weight is 394 g/mol. The molecule has 150 valence electrons. The molecule has 2 heterocycles. The minimum absolute atomic E-state index is 0.0264. The molecular formula is C20H21F3N2O3. The van der Waals surface area contributed by atoms with Gasteiger partial charge >= 0.3 is 6.18 Å². The average Bonchev–Trinajstić information content (AvgIpc) is 2.92. The molecule has 8 heteroatoms. The zero-order valence-electron chi connectivity index (χ0n) is 15.4. The zero-order valence-corrected chi connectivity index (χ0v) is 15.4. The maximum absolute atomic E-state index is 13.2. The van der Waals surface area contributed by atoms with Gasteiger partial charge in [-0.25, -0.2) is 0 Å². The molecule has 0 fully saturated rings. The summed E-state index contributed by atoms with van der Waals surface area (Å²) in [6.45, 7) is 0.228. The molecule has 1 aromatic carbocycles. The Kier molecular flexibility index (Phi) is 5.76. The van der Waals surface area contributed by atoms with Crippen molar-refractivity contribution in [3.63, 3.8) is 0 Å². The van der Waals surface area contributed by atoms with Crippen molar-refractivity contribution in [1.82, 2.24) is 9.88 Å². The number of halogens is 3. The topological polar surface area (TPSA) is 60.3 Å². The molecule has 1 aliphatic rings. The van der Waals surface area contributed by atoms with E-state index >= 15 is 0 Å². The Balaban J connectivity index is 1.93. The van der Waals surface area contributed by atoms with Crippen molar-refractivity contribution in [3.05, 3.63) is 63.1 Å². The van der Waals surface area contributed by atoms with E-state index in [-0.39, 0.29) is 29.0 Å². The third-order valence-electron chi connectivity index (χ3n) is 4.89. The van der Waals surface area contributed by atoms with Gasteiger partial charge in [-0.15, -0.1) is 0 Å². The van der Waals surface area contributed by atoms with Crippen LogP contribution in [-0.2, 0) is 25.7 Å². The first kappa shape index (κ1) is 20.0. The van der Waals surface area contributed by atoms with Crippen LogP contribution in [0.2, 0.25) is 0 Å². The molecule has 0 atom stereocenters. The Labute approximate surface area is 160 Å². The van der Waals surface area contributed by atoms with Gasteiger partial charge < -0.3 is 14.6 Å². The second-order valence-corrected chi connectivity index (χ2v) is 6.67. The molecule has 0 saturated carbocycles. The van der Waals surface area contributed by atoms with E-state index in [1.807, 2.05) is 0 Å². The largest absolute Gasteiger partial charge is 0.496 e. The zero-order chi connectivity index (χ0) is 20.3. The molecule has 0 saturated heterocycles. The number of nitrogens with one attached hydrogen (secondary N) is 1. The van der Waals surface area contributed by atoms with Crippen LogP contribution in [0.4, 0.5) is 13.2 Å². The maximum Gasteiger partial charge on any atom is 0.416 e. The van der Waals surface area contributed by atoms with Gasteiger partial charge in [-0.1, -0.05) is 24.6 Å². The molecule has 0 spiro atoms. The molecule has 1 amide bonds. The number of amides is 1. The van der Waals surface area contributed by atoms with Crippen molar-refractivity contribution in [2.45, 2.75) is 44.9 Å². The van der Waals surface area contributed by atoms with Crippen LogP contribution < -0.4 is 15.6 Å². The number of carbonyl (C=O) groups excluding carboxylic acids is 1. The summed E-state index contributed by atoms with van der Waals surface area (Å²) < 4.78 is 46.3. The van der Waals surface area contributed by atoms with Gasteiger partial charge in [0.05, 0.1) is 12.7 Å². The fourth-order valence-corrected chi connectivity index (χ4v) is 3.54. The minimum atomic E-state index is -4.50. The second-order valence-electron chi connectivity index (χ2n) is 6.67. The summed E-state index contributed by atoms with van der Waals surface area (Å²) in [6, 6.07) is 6.37. The summed E-state index contributed by atoms with van der Waals surface area (Å²) in [5.41, 5.74) is -0.267. The number of aromatic nitrogens is 1. The van der Waals surface area contributed by atoms with Crippen LogP contribution in [0.25, 0.3) is 0 Å². The molecule has 0 unspecified atom stereocenters. The molecule has 2 aromatic rings. The van der Waals surface area contributed by atoms with Gasteiger partial charge in [0.25, 0.3) is 11.5 Å². The lowest BCUT2D eigenvalue weighted by molar-refractivity contribution is -0.138. The van der Waals surface area contributed by atoms with E-state index in [9.17, 15) is 22.8 Å². The van der Waals surface area contributed by atoms with Crippen LogP contribution in [0.3, 0.4) is 0 Å². The van der Waals surface area contributed by atoms with Gasteiger partial charge in [0, 0.05) is 24.8 Å². The van der Waals surface area contributed by atoms with E-state index in [1.165, 1.54) is 31.4 Å². The first-order chi connectivity index (χ1) is 13.3. The van der Waals surface area contributed by atoms with Gasteiger partial charge in [-0.05, 0) is 30.9 Å². The van der Waals surface area contributed by atoms with Crippen LogP contribution in [0, 0.1) is 0 Å². The minimum Gasteiger partial charge on any atom is -0.496 e. The molecule has 28 heavy (non-hydrogen) atoms. The predicted molar refractivity (Wildman–Crippen MR) is 97.4 cm³/mol. The highest BCUT2D eigenvalue weighted by atomic mass is 19.4. The molecule has 0 bridgehead atoms. The van der Waals surface area contributed by atoms with Crippen molar-refractivity contribution in [2.24, 2.45) is 0 Å². The lowest BCUT2D eigenvalue weighted by atomic mass is 10.0. The Morgan fingerprint density at radius 3 is 2.68 bits per heavy atom. The van der Waals surface area contributed by atoms with Crippen LogP contribution in [0.5, 0.6) is 5.75 Å². The Hall–Kier alpha value is -2.77. The molecule has 0 aliphatic carbocycles. The van der Waals surface area contributed by atoms with Crippen molar-refractivity contribution in [1.29, 1.82) is 0 Å². The molecule has 0 radical (unpaired) electrons. The summed E-state index contributed by atoms with van der Waals surface area (Å²) in [6.07, 6.45) is -1.38. The van der Waals surface area contributed by atoms with Crippen LogP contribution in [0.15, 0.2) is 35.1 Å². The number of nitrogens with zero attached hydrogens (tertiary/aromatic N) is 1. The fraction of sp³-hybridized carbons (Fsp3) is 0.400. The van der Waals surface area contributed by atoms with E-state index in [0.29, 0.717) is 18.7 Å². The van der Waals surface area contributed by atoms with E-state index in [1.54, 1.807) is 4.57 Å². The number of fused-ring (bicyclic) bond motifs is 1. The molecule has 1 aliphatic heterocycles. The van der Waals surface area contributed by atoms with Gasteiger partial charge in [0.1, 0.15) is 11.3 Å². The summed E-state index contributed by atoms with van der Waals surface area (Å²) in [5, 5.41) is 2.56. The number of ether oxygens (including phenoxy) is 1. The van der Waals surface area contributed by atoms with Gasteiger partial charge in [-0.3, -0.25) is 9.59 Å². The highest BCUT2D eigenvalue weighted by molar-refractivity contribution is 5.98. The monoisotopic (exact) mass is 394 g/mol. The van der Waals surface area contributed by atoms with E-state index in [0.717, 1.165) is 25.3 Å². The Morgan fingerprint density at radius 1 is 1.21 bits per heavy atom. The highest BCUT2D eigenvalue weighted by Crippen LogP contribution is 2.32. The first-order valence-corrected chi connectivity index (χ1v) is 9.07. The smallest absolute Gasteiger partial charge is 0.416 e. The molecule has 5 nitrogen and oxygen atoms in total. The van der Waals surface area contributed by atoms with Gasteiger partial charge in [-0.2, -0.15) is 13.2 Å². The first-order valence-electron chi connectivity index (χ1n) is 9.07. The van der Waals surface area contributed by atoms with Crippen molar-refractivity contribution < 1.29 is 22.7 Å². The highest BCUT2D eigenvalue weighted by Gasteiger charge is 2.33. The molecule has 1 N–H and O–H groups in total. The van der Waals surface area contributed by atoms with Crippen molar-refractivity contribution in [3.8, 4) is 5.75 Å². The van der Waals surface area contributed by atoms with E-state index in [4.69, 9.17) is 4.74 Å². The van der Waals surface area contributed by atoms with Gasteiger partial charge in [0.2, 0.25) is 0 Å². The van der Waals surface area contributed by atoms with E-state index in [2.05, 4.69) is 5.32 Å². The van der Waals surface area contributed by atoms with Crippen LogP contribution in [-0.4, -0.2) is 17.6 Å². The van der Waals surface area contributed by atoms with Crippen LogP contribution in [0.1, 0.15) is 46.4 Å². The van der Waals surface area contributed by atoms with Gasteiger partial charge in [0.15, 0.2) is 0 Å². The third kappa shape index (κ3) is 4.05. The number of rotatable bonds is 4. The number of hydrogen-bond acceptors (Lipinski definition) is 3. The Bertz CT molecular complexity index is 935. The quantitative estimate of drug-likeness (QED) is 0.863. The number of benzene rings is 1. The summed E-state index contributed by atoms with van der Waals surface area (Å²) in [7, 11) is 1.36. The molecule has 1 aromatic heterocycles. The number of carbonyl (C=O) groups is 1. The lowest BCUT2D eigenvalue weighted by Gasteiger charge is -2.18. The van der Waals surface area contributed by atoms with Crippen molar-refractivity contribution >= 4 is 5.91 Å². The maximum atomic E-state index is 13.2. The number of pyridine rings is 1. The summed E-state index contributed by atoms with van der Waals surface area (Å²) in [5.74, 6) is -0.417. The molecule has 3 rings (SSSR count). The second kappa shape index (κ2) is 8.08. The molecular weight excluding hydrogens is 373 g/mol. The predicted octanol–water partition coefficient (Wildman–Crippen LogP) is 3.53. The van der Waals surface area contributed by atoms with Crippen molar-refractivity contribution in [2.75, 3.05) is 7.11 Å². The lowest BCUT2D eigenvalue weighted by Crippen LogP contribution is -2.31. The Morgan fingerprint density at radius 2 is 1.96 bits per heavy atom. The summed E-state index contributed by atoms with van der Waals surface area (Å²) >= 11 is 0. The summed E-state index contributed by atoms with van der Waals surface area (Å²) in [4.78, 5) is 25.2. The van der Waals surface area contributed by atoms with E-state index < -0.39 is 17.6 Å². The normalized spacial score (nSPS) is 14.1. The standard InChI is InChI=1S/C20H21F3N2O3/c1-28-16-11-17(26)25-10-6-2-3-9-15(25)18(16)19(27)24-12-13-7-4-5-8-14(13)20(21,22)23/h4-5,7-8,11H,2-3,6,9-10,12H2,1H3,(H,24,27). The fourth-order valence-electron chi connectivity index (χ4n) is 3.54. The number of alkyl halides is 3. The number of hydrogen-bond donors (Lipinski definition) is 1. The SMILES string of the molecule is COc1cc(=O)n2c(c1C(=O)NCc1ccccc1C(F)(F)F)CCCCC2. The van der Waals surface area contributed by atoms with Crippen LogP contribution >= 0.6 is 0 Å². The number of methoxy groups -OCH3 is 1. The third-order valence-corrected chi connectivity index (χ3v) is 4.89.